The molecule has 0 aliphatic heterocycles. The number of hydrogen-bond acceptors (Lipinski definition) is 5. The van der Waals surface area contributed by atoms with Gasteiger partial charge in [0.25, 0.3) is 0 Å². The molecule has 134 valence electrons. The number of benzene rings is 1. The van der Waals surface area contributed by atoms with Gasteiger partial charge in [0.1, 0.15) is 5.60 Å². The van der Waals surface area contributed by atoms with Gasteiger partial charge in [-0.3, -0.25) is 0 Å². The van der Waals surface area contributed by atoms with Crippen LogP contribution in [-0.2, 0) is 20.3 Å². The summed E-state index contributed by atoms with van der Waals surface area (Å²) in [5.74, 6) is 0.521. The van der Waals surface area contributed by atoms with Crippen molar-refractivity contribution >= 4 is 21.6 Å². The van der Waals surface area contributed by atoms with Crippen LogP contribution in [0.25, 0.3) is 0 Å². The molecule has 2 atom stereocenters. The van der Waals surface area contributed by atoms with Crippen LogP contribution in [0.1, 0.15) is 44.2 Å². The Balaban J connectivity index is 1.99. The number of anilines is 1. The average molecular weight is 354 g/mol. The number of carbonyl (C=O) groups excluding carboxylic acids is 1. The minimum Gasteiger partial charge on any atom is -0.444 e. The molecule has 0 radical (unpaired) electrons. The van der Waals surface area contributed by atoms with Crippen molar-refractivity contribution in [2.24, 2.45) is 5.92 Å². The molecule has 1 aliphatic carbocycles. The Morgan fingerprint density at radius 3 is 2.62 bits per heavy atom. The lowest BCUT2D eigenvalue weighted by atomic mass is 10.0. The van der Waals surface area contributed by atoms with Crippen LogP contribution in [0, 0.1) is 5.92 Å². The first-order chi connectivity index (χ1) is 10.9. The summed E-state index contributed by atoms with van der Waals surface area (Å²) >= 11 is 0. The van der Waals surface area contributed by atoms with Crippen LogP contribution in [0.4, 0.5) is 10.5 Å². The minimum absolute atomic E-state index is 0.0178. The Morgan fingerprint density at radius 2 is 2.04 bits per heavy atom. The van der Waals surface area contributed by atoms with Gasteiger partial charge < -0.3 is 15.8 Å². The number of nitrogens with one attached hydrogen (secondary N) is 1. The molecule has 1 aliphatic rings. The average Bonchev–Trinajstić information content (AvgIpc) is 3.12. The number of nitrogen functional groups attached to an aromatic ring is 1. The molecule has 1 fully saturated rings. The van der Waals surface area contributed by atoms with Crippen LogP contribution in [0.3, 0.4) is 0 Å². The van der Waals surface area contributed by atoms with E-state index in [0.29, 0.717) is 18.2 Å². The fraction of sp³-hybridized carbons (Fsp3) is 0.588. The first-order valence-electron chi connectivity index (χ1n) is 7.97. The van der Waals surface area contributed by atoms with Crippen molar-refractivity contribution < 1.29 is 17.9 Å². The molecule has 24 heavy (non-hydrogen) atoms. The molecule has 0 heterocycles. The topological polar surface area (TPSA) is 98.5 Å². The number of hydrogen-bond donors (Lipinski definition) is 2. The summed E-state index contributed by atoms with van der Waals surface area (Å²) in [6, 6.07) is 5.42. The quantitative estimate of drug-likeness (QED) is 0.791. The third kappa shape index (κ3) is 5.70. The number of sulfone groups is 1. The molecule has 0 saturated heterocycles. The SMILES string of the molecule is CC(C)(C)OC(=O)NCC1CC1c1ccc(N)cc1CS(C)(=O)=O. The second kappa shape index (κ2) is 6.63. The maximum absolute atomic E-state index is 11.7. The molecule has 2 unspecified atom stereocenters. The van der Waals surface area contributed by atoms with Crippen LogP contribution in [0.2, 0.25) is 0 Å². The number of carbonyl (C=O) groups is 1. The van der Waals surface area contributed by atoms with E-state index in [-0.39, 0.29) is 11.7 Å². The highest BCUT2D eigenvalue weighted by molar-refractivity contribution is 7.89. The molecule has 0 spiro atoms. The Morgan fingerprint density at radius 1 is 1.38 bits per heavy atom. The van der Waals surface area contributed by atoms with Gasteiger partial charge in [-0.25, -0.2) is 13.2 Å². The third-order valence-corrected chi connectivity index (χ3v) is 4.65. The van der Waals surface area contributed by atoms with Crippen molar-refractivity contribution in [3.05, 3.63) is 29.3 Å². The predicted molar refractivity (Wildman–Crippen MR) is 94.5 cm³/mol. The van der Waals surface area contributed by atoms with Crippen LogP contribution < -0.4 is 11.1 Å². The summed E-state index contributed by atoms with van der Waals surface area (Å²) in [6.07, 6.45) is 1.70. The van der Waals surface area contributed by atoms with E-state index in [1.54, 1.807) is 12.1 Å². The zero-order chi connectivity index (χ0) is 18.1. The largest absolute Gasteiger partial charge is 0.444 e. The van der Waals surface area contributed by atoms with Gasteiger partial charge in [-0.2, -0.15) is 0 Å². The van der Waals surface area contributed by atoms with Crippen LogP contribution >= 0.6 is 0 Å². The van der Waals surface area contributed by atoms with Crippen molar-refractivity contribution in [2.75, 3.05) is 18.5 Å². The smallest absolute Gasteiger partial charge is 0.407 e. The summed E-state index contributed by atoms with van der Waals surface area (Å²) < 4.78 is 28.5. The van der Waals surface area contributed by atoms with Gasteiger partial charge in [-0.15, -0.1) is 0 Å². The van der Waals surface area contributed by atoms with Crippen molar-refractivity contribution in [1.29, 1.82) is 0 Å². The lowest BCUT2D eigenvalue weighted by Gasteiger charge is -2.19. The zero-order valence-electron chi connectivity index (χ0n) is 14.6. The lowest BCUT2D eigenvalue weighted by molar-refractivity contribution is 0.0525. The molecular weight excluding hydrogens is 328 g/mol. The van der Waals surface area contributed by atoms with Gasteiger partial charge in [0.05, 0.1) is 5.75 Å². The van der Waals surface area contributed by atoms with E-state index in [2.05, 4.69) is 5.32 Å². The van der Waals surface area contributed by atoms with Gasteiger partial charge in [0.2, 0.25) is 0 Å². The number of rotatable bonds is 5. The van der Waals surface area contributed by atoms with Crippen LogP contribution in [0.5, 0.6) is 0 Å². The van der Waals surface area contributed by atoms with Crippen molar-refractivity contribution in [1.82, 2.24) is 5.32 Å². The van der Waals surface area contributed by atoms with Gasteiger partial charge in [-0.1, -0.05) is 6.07 Å². The molecule has 3 N–H and O–H groups in total. The summed E-state index contributed by atoms with van der Waals surface area (Å²) in [6.45, 7) is 5.97. The summed E-state index contributed by atoms with van der Waals surface area (Å²) in [5, 5.41) is 2.78. The monoisotopic (exact) mass is 354 g/mol. The second-order valence-corrected chi connectivity index (χ2v) is 9.65. The highest BCUT2D eigenvalue weighted by Gasteiger charge is 2.40. The maximum Gasteiger partial charge on any atom is 0.407 e. The Kier molecular flexibility index (Phi) is 5.13. The minimum atomic E-state index is -3.13. The molecule has 1 saturated carbocycles. The molecule has 1 aromatic carbocycles. The summed E-state index contributed by atoms with van der Waals surface area (Å²) in [4.78, 5) is 11.7. The molecule has 1 amide bonds. The van der Waals surface area contributed by atoms with Crippen molar-refractivity contribution in [3.8, 4) is 0 Å². The van der Waals surface area contributed by atoms with Crippen molar-refractivity contribution in [2.45, 2.75) is 44.5 Å². The van der Waals surface area contributed by atoms with E-state index in [9.17, 15) is 13.2 Å². The third-order valence-electron chi connectivity index (χ3n) is 3.81. The van der Waals surface area contributed by atoms with E-state index in [1.165, 1.54) is 6.26 Å². The van der Waals surface area contributed by atoms with Gasteiger partial charge >= 0.3 is 6.09 Å². The lowest BCUT2D eigenvalue weighted by Crippen LogP contribution is -2.33. The van der Waals surface area contributed by atoms with E-state index < -0.39 is 21.5 Å². The zero-order valence-corrected chi connectivity index (χ0v) is 15.4. The predicted octanol–water partition coefficient (Wildman–Crippen LogP) is 2.44. The Bertz CT molecular complexity index is 723. The van der Waals surface area contributed by atoms with Gasteiger partial charge in [0.15, 0.2) is 9.84 Å². The number of nitrogens with two attached hydrogens (primary N) is 1. The first kappa shape index (κ1) is 18.6. The molecule has 6 nitrogen and oxygen atoms in total. The molecule has 1 aromatic rings. The molecule has 0 aromatic heterocycles. The standard InChI is InChI=1S/C17H26N2O4S/c1-17(2,3)23-16(20)19-9-11-8-15(11)14-6-5-13(18)7-12(14)10-24(4,21)22/h5-7,11,15H,8-10,18H2,1-4H3,(H,19,20). The van der Waals surface area contributed by atoms with E-state index in [4.69, 9.17) is 10.5 Å². The molecule has 7 heteroatoms. The van der Waals surface area contributed by atoms with E-state index in [0.717, 1.165) is 17.5 Å². The van der Waals surface area contributed by atoms with Crippen LogP contribution in [0.15, 0.2) is 18.2 Å². The first-order valence-corrected chi connectivity index (χ1v) is 10.0. The Hall–Kier alpha value is -1.76. The van der Waals surface area contributed by atoms with Gasteiger partial charge in [0, 0.05) is 18.5 Å². The fourth-order valence-electron chi connectivity index (χ4n) is 2.78. The molecular formula is C17H26N2O4S. The summed E-state index contributed by atoms with van der Waals surface area (Å²) in [5.41, 5.74) is 7.58. The highest BCUT2D eigenvalue weighted by atomic mass is 32.2. The van der Waals surface area contributed by atoms with Crippen LogP contribution in [-0.4, -0.2) is 32.9 Å². The number of ether oxygens (including phenoxy) is 1. The molecule has 0 bridgehead atoms. The molecule has 2 rings (SSSR count). The van der Waals surface area contributed by atoms with E-state index in [1.807, 2.05) is 26.8 Å². The van der Waals surface area contributed by atoms with Gasteiger partial charge in [-0.05, 0) is 62.3 Å². The fourth-order valence-corrected chi connectivity index (χ4v) is 3.59. The highest BCUT2D eigenvalue weighted by Crippen LogP contribution is 2.48. The summed E-state index contributed by atoms with van der Waals surface area (Å²) in [7, 11) is -3.13. The van der Waals surface area contributed by atoms with Crippen molar-refractivity contribution in [3.63, 3.8) is 0 Å². The number of alkyl carbamates (subject to hydrolysis) is 1. The second-order valence-electron chi connectivity index (χ2n) is 7.51. The number of amides is 1. The Labute approximate surface area is 143 Å². The van der Waals surface area contributed by atoms with E-state index >= 15 is 0 Å². The maximum atomic E-state index is 11.7. The normalized spacial score (nSPS) is 20.5.